The summed E-state index contributed by atoms with van der Waals surface area (Å²) in [6.07, 6.45) is 4.17. The Morgan fingerprint density at radius 1 is 0.941 bits per heavy atom. The second-order valence-corrected chi connectivity index (χ2v) is 4.49. The first-order chi connectivity index (χ1) is 8.29. The Balaban J connectivity index is 2.19. The molecule has 0 atom stereocenters. The second-order valence-electron chi connectivity index (χ2n) is 3.64. The van der Waals surface area contributed by atoms with Crippen LogP contribution in [0.4, 0.5) is 0 Å². The summed E-state index contributed by atoms with van der Waals surface area (Å²) < 4.78 is 6.16. The molecule has 86 valence electrons. The Morgan fingerprint density at radius 2 is 1.65 bits per heavy atom. The molecule has 17 heavy (non-hydrogen) atoms. The predicted molar refractivity (Wildman–Crippen MR) is 76.1 cm³/mol. The van der Waals surface area contributed by atoms with Crippen LogP contribution in [0.1, 0.15) is 11.1 Å². The molecule has 0 bridgehead atoms. The van der Waals surface area contributed by atoms with Gasteiger partial charge in [-0.05, 0) is 39.2 Å². The lowest BCUT2D eigenvalue weighted by molar-refractivity contribution is 0.412. The van der Waals surface area contributed by atoms with Crippen LogP contribution in [-0.2, 0) is 0 Å². The monoisotopic (exact) mass is 288 g/mol. The standard InChI is InChI=1S/C15H13BrO/c1-17-15-10-9-13(11-14(15)16)8-7-12-5-3-2-4-6-12/h2-11H,1H3/b8-7+. The average Bonchev–Trinajstić information content (AvgIpc) is 2.38. The van der Waals surface area contributed by atoms with Crippen molar-refractivity contribution in [3.05, 3.63) is 64.1 Å². The maximum atomic E-state index is 5.19. The van der Waals surface area contributed by atoms with Crippen LogP contribution < -0.4 is 4.74 Å². The lowest BCUT2D eigenvalue weighted by Crippen LogP contribution is -1.84. The molecule has 0 aromatic heterocycles. The zero-order valence-corrected chi connectivity index (χ0v) is 11.1. The number of hydrogen-bond acceptors (Lipinski definition) is 1. The van der Waals surface area contributed by atoms with Gasteiger partial charge in [-0.1, -0.05) is 48.6 Å². The van der Waals surface area contributed by atoms with Crippen molar-refractivity contribution in [2.75, 3.05) is 7.11 Å². The molecule has 0 aliphatic carbocycles. The summed E-state index contributed by atoms with van der Waals surface area (Å²) in [5, 5.41) is 0. The molecule has 0 radical (unpaired) electrons. The summed E-state index contributed by atoms with van der Waals surface area (Å²) in [6.45, 7) is 0. The van der Waals surface area contributed by atoms with E-state index in [4.69, 9.17) is 4.74 Å². The summed E-state index contributed by atoms with van der Waals surface area (Å²) >= 11 is 3.47. The quantitative estimate of drug-likeness (QED) is 0.749. The molecule has 2 heteroatoms. The van der Waals surface area contributed by atoms with E-state index in [1.54, 1.807) is 7.11 Å². The SMILES string of the molecule is COc1ccc(/C=C/c2ccccc2)cc1Br. The van der Waals surface area contributed by atoms with Gasteiger partial charge in [-0.15, -0.1) is 0 Å². The highest BCUT2D eigenvalue weighted by Gasteiger charge is 1.98. The molecular weight excluding hydrogens is 276 g/mol. The van der Waals surface area contributed by atoms with E-state index in [0.29, 0.717) is 0 Å². The van der Waals surface area contributed by atoms with Crippen molar-refractivity contribution in [3.63, 3.8) is 0 Å². The number of ether oxygens (including phenoxy) is 1. The molecule has 2 aromatic carbocycles. The number of halogens is 1. The normalized spacial score (nSPS) is 10.7. The first kappa shape index (κ1) is 11.9. The minimum Gasteiger partial charge on any atom is -0.496 e. The van der Waals surface area contributed by atoms with Gasteiger partial charge in [0.15, 0.2) is 0 Å². The molecule has 0 unspecified atom stereocenters. The van der Waals surface area contributed by atoms with E-state index >= 15 is 0 Å². The number of benzene rings is 2. The zero-order valence-electron chi connectivity index (χ0n) is 9.56. The maximum absolute atomic E-state index is 5.19. The molecule has 0 saturated heterocycles. The largest absolute Gasteiger partial charge is 0.496 e. The molecule has 0 aliphatic heterocycles. The van der Waals surface area contributed by atoms with E-state index in [9.17, 15) is 0 Å². The molecule has 1 nitrogen and oxygen atoms in total. The topological polar surface area (TPSA) is 9.23 Å². The van der Waals surface area contributed by atoms with Crippen molar-refractivity contribution >= 4 is 28.1 Å². The van der Waals surface area contributed by atoms with Gasteiger partial charge in [-0.2, -0.15) is 0 Å². The molecule has 0 N–H and O–H groups in total. The third-order valence-corrected chi connectivity index (χ3v) is 3.06. The van der Waals surface area contributed by atoms with Gasteiger partial charge in [0.25, 0.3) is 0 Å². The minimum atomic E-state index is 0.849. The van der Waals surface area contributed by atoms with Crippen molar-refractivity contribution < 1.29 is 4.74 Å². The Bertz CT molecular complexity index is 518. The van der Waals surface area contributed by atoms with Crippen molar-refractivity contribution in [1.82, 2.24) is 0 Å². The summed E-state index contributed by atoms with van der Waals surface area (Å²) in [5.74, 6) is 0.849. The van der Waals surface area contributed by atoms with Gasteiger partial charge in [0.2, 0.25) is 0 Å². The molecule has 0 heterocycles. The first-order valence-electron chi connectivity index (χ1n) is 5.36. The van der Waals surface area contributed by atoms with Crippen LogP contribution in [0.3, 0.4) is 0 Å². The van der Waals surface area contributed by atoms with Gasteiger partial charge in [0.1, 0.15) is 5.75 Å². The highest BCUT2D eigenvalue weighted by molar-refractivity contribution is 9.10. The van der Waals surface area contributed by atoms with Gasteiger partial charge in [-0.3, -0.25) is 0 Å². The van der Waals surface area contributed by atoms with Crippen molar-refractivity contribution in [2.24, 2.45) is 0 Å². The molecule has 0 saturated carbocycles. The van der Waals surface area contributed by atoms with Gasteiger partial charge in [0, 0.05) is 0 Å². The van der Waals surface area contributed by atoms with Crippen LogP contribution in [0.25, 0.3) is 12.2 Å². The smallest absolute Gasteiger partial charge is 0.133 e. The predicted octanol–water partition coefficient (Wildman–Crippen LogP) is 4.63. The highest BCUT2D eigenvalue weighted by Crippen LogP contribution is 2.26. The molecule has 0 spiro atoms. The summed E-state index contributed by atoms with van der Waals surface area (Å²) in [7, 11) is 1.67. The summed E-state index contributed by atoms with van der Waals surface area (Å²) in [5.41, 5.74) is 2.33. The zero-order chi connectivity index (χ0) is 12.1. The fourth-order valence-corrected chi connectivity index (χ4v) is 2.10. The molecule has 0 aliphatic rings. The first-order valence-corrected chi connectivity index (χ1v) is 6.15. The van der Waals surface area contributed by atoms with E-state index in [1.165, 1.54) is 5.56 Å². The minimum absolute atomic E-state index is 0.849. The summed E-state index contributed by atoms with van der Waals surface area (Å²) in [6, 6.07) is 16.3. The number of hydrogen-bond donors (Lipinski definition) is 0. The van der Waals surface area contributed by atoms with Crippen molar-refractivity contribution in [2.45, 2.75) is 0 Å². The Hall–Kier alpha value is -1.54. The van der Waals surface area contributed by atoms with Gasteiger partial charge in [0.05, 0.1) is 11.6 Å². The highest BCUT2D eigenvalue weighted by atomic mass is 79.9. The van der Waals surface area contributed by atoms with Crippen LogP contribution in [0.15, 0.2) is 53.0 Å². The second kappa shape index (κ2) is 5.69. The Labute approximate surface area is 110 Å². The van der Waals surface area contributed by atoms with Crippen molar-refractivity contribution in [3.8, 4) is 5.75 Å². The van der Waals surface area contributed by atoms with Gasteiger partial charge >= 0.3 is 0 Å². The van der Waals surface area contributed by atoms with E-state index in [1.807, 2.05) is 36.4 Å². The van der Waals surface area contributed by atoms with Gasteiger partial charge < -0.3 is 4.74 Å². The van der Waals surface area contributed by atoms with Crippen LogP contribution in [0.5, 0.6) is 5.75 Å². The maximum Gasteiger partial charge on any atom is 0.133 e. The molecular formula is C15H13BrO. The average molecular weight is 289 g/mol. The summed E-state index contributed by atoms with van der Waals surface area (Å²) in [4.78, 5) is 0. The Morgan fingerprint density at radius 3 is 2.29 bits per heavy atom. The Kier molecular flexibility index (Phi) is 3.99. The van der Waals surface area contributed by atoms with E-state index in [-0.39, 0.29) is 0 Å². The fourth-order valence-electron chi connectivity index (χ4n) is 1.54. The lowest BCUT2D eigenvalue weighted by atomic mass is 10.1. The molecule has 0 fully saturated rings. The van der Waals surface area contributed by atoms with Crippen LogP contribution in [0.2, 0.25) is 0 Å². The molecule has 2 aromatic rings. The van der Waals surface area contributed by atoms with E-state index in [0.717, 1.165) is 15.8 Å². The third kappa shape index (κ3) is 3.21. The number of rotatable bonds is 3. The third-order valence-electron chi connectivity index (χ3n) is 2.44. The van der Waals surface area contributed by atoms with E-state index < -0.39 is 0 Å². The fraction of sp³-hybridized carbons (Fsp3) is 0.0667. The lowest BCUT2D eigenvalue weighted by Gasteiger charge is -2.03. The van der Waals surface area contributed by atoms with Gasteiger partial charge in [-0.25, -0.2) is 0 Å². The molecule has 0 amide bonds. The van der Waals surface area contributed by atoms with Crippen LogP contribution in [-0.4, -0.2) is 7.11 Å². The van der Waals surface area contributed by atoms with E-state index in [2.05, 4.69) is 40.2 Å². The molecule has 2 rings (SSSR count). The number of methoxy groups -OCH3 is 1. The van der Waals surface area contributed by atoms with Crippen molar-refractivity contribution in [1.29, 1.82) is 0 Å². The van der Waals surface area contributed by atoms with Crippen LogP contribution in [0, 0.1) is 0 Å². The van der Waals surface area contributed by atoms with Crippen LogP contribution >= 0.6 is 15.9 Å².